The van der Waals surface area contributed by atoms with Crippen LogP contribution < -0.4 is 16.4 Å². The molecular weight excluding hydrogens is 342 g/mol. The molecule has 0 aliphatic heterocycles. The van der Waals surface area contributed by atoms with Crippen LogP contribution in [-0.4, -0.2) is 47.7 Å². The Morgan fingerprint density at radius 1 is 1.31 bits per heavy atom. The first-order valence-corrected chi connectivity index (χ1v) is 7.81. The summed E-state index contributed by atoms with van der Waals surface area (Å²) in [5.74, 6) is -0.487. The number of rotatable bonds is 8. The van der Waals surface area contributed by atoms with E-state index in [2.05, 4.69) is 20.5 Å². The Bertz CT molecular complexity index is 697. The summed E-state index contributed by atoms with van der Waals surface area (Å²) in [6.45, 7) is 5.94. The molecule has 0 bridgehead atoms. The number of alkyl carbamates (subject to hydrolysis) is 1. The van der Waals surface area contributed by atoms with Crippen molar-refractivity contribution in [2.24, 2.45) is 5.73 Å². The first kappa shape index (κ1) is 20.9. The highest BCUT2D eigenvalue weighted by Gasteiger charge is 2.24. The SMILES string of the molecule is CO[N+](=O)c1cc(C(N)=O)cnc1NC/C=C/CNC(=O)OC(C)(C)C. The van der Waals surface area contributed by atoms with Gasteiger partial charge in [-0.2, -0.15) is 0 Å². The summed E-state index contributed by atoms with van der Waals surface area (Å²) in [5.41, 5.74) is 4.72. The van der Waals surface area contributed by atoms with Gasteiger partial charge in [0.1, 0.15) is 5.60 Å². The van der Waals surface area contributed by atoms with E-state index in [1.165, 1.54) is 19.4 Å². The minimum atomic E-state index is -0.706. The third kappa shape index (κ3) is 7.16. The predicted octanol–water partition coefficient (Wildman–Crippen LogP) is 1.65. The van der Waals surface area contributed by atoms with E-state index in [0.717, 1.165) is 0 Å². The van der Waals surface area contributed by atoms with Crippen molar-refractivity contribution in [3.8, 4) is 0 Å². The number of carbonyl (C=O) groups is 2. The van der Waals surface area contributed by atoms with Gasteiger partial charge in [-0.1, -0.05) is 12.2 Å². The highest BCUT2D eigenvalue weighted by Crippen LogP contribution is 2.23. The molecule has 0 aliphatic carbocycles. The Morgan fingerprint density at radius 2 is 1.96 bits per heavy atom. The molecule has 26 heavy (non-hydrogen) atoms. The number of nitrogens with one attached hydrogen (secondary N) is 2. The predicted molar refractivity (Wildman–Crippen MR) is 94.9 cm³/mol. The number of hydrogen-bond donors (Lipinski definition) is 3. The van der Waals surface area contributed by atoms with Gasteiger partial charge in [0.25, 0.3) is 10.8 Å². The first-order chi connectivity index (χ1) is 12.1. The summed E-state index contributed by atoms with van der Waals surface area (Å²) >= 11 is 0. The zero-order chi connectivity index (χ0) is 19.7. The quantitative estimate of drug-likeness (QED) is 0.470. The van der Waals surface area contributed by atoms with Gasteiger partial charge in [-0.15, -0.1) is 0 Å². The number of aromatic nitrogens is 1. The third-order valence-corrected chi connectivity index (χ3v) is 2.83. The van der Waals surface area contributed by atoms with Crippen LogP contribution >= 0.6 is 0 Å². The molecular formula is C16H24N5O5+. The van der Waals surface area contributed by atoms with E-state index in [0.29, 0.717) is 6.54 Å². The molecule has 0 aliphatic rings. The standard InChI is InChI=1S/C16H23N5O5/c1-16(2,3)26-15(23)19-8-6-5-7-18-14-12(21(24)25-4)9-11(10-20-14)13(17)22/h5-6,9-10H,7-8H2,1-4H3,(H3-,17,18,19,20,22,23,24)/p+1/b6-5+. The lowest BCUT2D eigenvalue weighted by atomic mass is 10.2. The summed E-state index contributed by atoms with van der Waals surface area (Å²) in [6, 6.07) is 1.28. The van der Waals surface area contributed by atoms with Gasteiger partial charge in [0.2, 0.25) is 5.82 Å². The van der Waals surface area contributed by atoms with Crippen LogP contribution in [0.4, 0.5) is 16.3 Å². The molecule has 1 rings (SSSR count). The van der Waals surface area contributed by atoms with Gasteiger partial charge in [-0.3, -0.25) is 4.79 Å². The molecule has 1 aromatic heterocycles. The van der Waals surface area contributed by atoms with E-state index in [-0.39, 0.29) is 28.5 Å². The van der Waals surface area contributed by atoms with E-state index < -0.39 is 17.6 Å². The van der Waals surface area contributed by atoms with Crippen molar-refractivity contribution in [2.45, 2.75) is 26.4 Å². The molecule has 10 nitrogen and oxygen atoms in total. The molecule has 0 radical (unpaired) electrons. The zero-order valence-electron chi connectivity index (χ0n) is 15.2. The molecule has 0 atom stereocenters. The van der Waals surface area contributed by atoms with Crippen LogP contribution in [0.25, 0.3) is 0 Å². The van der Waals surface area contributed by atoms with Crippen LogP contribution in [0.5, 0.6) is 0 Å². The van der Waals surface area contributed by atoms with E-state index >= 15 is 0 Å². The molecule has 0 fully saturated rings. The van der Waals surface area contributed by atoms with E-state index in [1.807, 2.05) is 0 Å². The van der Waals surface area contributed by atoms with Crippen molar-refractivity contribution < 1.29 is 24.1 Å². The third-order valence-electron chi connectivity index (χ3n) is 2.83. The molecule has 10 heteroatoms. The van der Waals surface area contributed by atoms with Crippen molar-refractivity contribution in [1.29, 1.82) is 0 Å². The summed E-state index contributed by atoms with van der Waals surface area (Å²) in [4.78, 5) is 43.2. The smallest absolute Gasteiger partial charge is 0.407 e. The monoisotopic (exact) mass is 366 g/mol. The number of nitrogens with two attached hydrogens (primary N) is 1. The van der Waals surface area contributed by atoms with E-state index in [1.54, 1.807) is 32.9 Å². The number of nitrogens with zero attached hydrogens (tertiary/aromatic N) is 2. The van der Waals surface area contributed by atoms with Crippen molar-refractivity contribution in [2.75, 3.05) is 25.5 Å². The molecule has 1 aromatic rings. The minimum Gasteiger partial charge on any atom is -0.444 e. The van der Waals surface area contributed by atoms with Crippen LogP contribution in [0.2, 0.25) is 0 Å². The average Bonchev–Trinajstić information content (AvgIpc) is 2.55. The number of pyridine rings is 1. The van der Waals surface area contributed by atoms with E-state index in [4.69, 9.17) is 10.5 Å². The van der Waals surface area contributed by atoms with Crippen molar-refractivity contribution in [3.63, 3.8) is 0 Å². The summed E-state index contributed by atoms with van der Waals surface area (Å²) in [6.07, 6.45) is 4.18. The van der Waals surface area contributed by atoms with Crippen LogP contribution in [0, 0.1) is 4.91 Å². The van der Waals surface area contributed by atoms with Gasteiger partial charge >= 0.3 is 11.8 Å². The molecule has 2 amide bonds. The molecule has 0 spiro atoms. The summed E-state index contributed by atoms with van der Waals surface area (Å²) in [5, 5.41) is 5.48. The normalized spacial score (nSPS) is 11.1. The van der Waals surface area contributed by atoms with Gasteiger partial charge in [-0.05, 0) is 20.8 Å². The molecule has 4 N–H and O–H groups in total. The van der Waals surface area contributed by atoms with Crippen LogP contribution in [0.15, 0.2) is 24.4 Å². The molecule has 142 valence electrons. The Morgan fingerprint density at radius 3 is 2.54 bits per heavy atom. The lowest BCUT2D eigenvalue weighted by Gasteiger charge is -2.19. The molecule has 1 heterocycles. The summed E-state index contributed by atoms with van der Waals surface area (Å²) in [7, 11) is 1.19. The minimum absolute atomic E-state index is 0.0177. The number of amides is 2. The maximum atomic E-state index is 11.7. The van der Waals surface area contributed by atoms with Gasteiger partial charge in [0.15, 0.2) is 7.11 Å². The second kappa shape index (κ2) is 9.35. The largest absolute Gasteiger partial charge is 0.444 e. The van der Waals surface area contributed by atoms with Crippen molar-refractivity contribution >= 4 is 23.5 Å². The molecule has 0 unspecified atom stereocenters. The Kier molecular flexibility index (Phi) is 7.51. The zero-order valence-corrected chi connectivity index (χ0v) is 15.2. The first-order valence-electron chi connectivity index (χ1n) is 7.81. The fourth-order valence-electron chi connectivity index (χ4n) is 1.74. The second-order valence-electron chi connectivity index (χ2n) is 6.13. The number of ether oxygens (including phenoxy) is 1. The van der Waals surface area contributed by atoms with Gasteiger partial charge in [-0.25, -0.2) is 14.6 Å². The maximum absolute atomic E-state index is 11.7. The fourth-order valence-corrected chi connectivity index (χ4v) is 1.74. The number of carbonyl (C=O) groups excluding carboxylic acids is 2. The number of primary amides is 1. The van der Waals surface area contributed by atoms with Crippen LogP contribution in [0.3, 0.4) is 0 Å². The lowest BCUT2D eigenvalue weighted by molar-refractivity contribution is -0.736. The fraction of sp³-hybridized carbons (Fsp3) is 0.438. The van der Waals surface area contributed by atoms with Crippen molar-refractivity contribution in [1.82, 2.24) is 10.3 Å². The van der Waals surface area contributed by atoms with Gasteiger partial charge in [0.05, 0.1) is 10.5 Å². The average molecular weight is 366 g/mol. The number of anilines is 1. The van der Waals surface area contributed by atoms with Gasteiger partial charge < -0.3 is 21.1 Å². The summed E-state index contributed by atoms with van der Waals surface area (Å²) < 4.78 is 5.10. The Labute approximate surface area is 151 Å². The number of hydrogen-bond acceptors (Lipinski definition) is 7. The van der Waals surface area contributed by atoms with Crippen LogP contribution in [0.1, 0.15) is 31.1 Å². The maximum Gasteiger partial charge on any atom is 0.407 e. The highest BCUT2D eigenvalue weighted by atomic mass is 16.8. The molecule has 0 saturated heterocycles. The van der Waals surface area contributed by atoms with Crippen molar-refractivity contribution in [3.05, 3.63) is 34.9 Å². The molecule has 0 aromatic carbocycles. The lowest BCUT2D eigenvalue weighted by Crippen LogP contribution is -2.32. The topological polar surface area (TPSA) is 136 Å². The highest BCUT2D eigenvalue weighted by molar-refractivity contribution is 5.93. The molecule has 0 saturated carbocycles. The second-order valence-corrected chi connectivity index (χ2v) is 6.13. The van der Waals surface area contributed by atoms with E-state index in [9.17, 15) is 14.5 Å². The Balaban J connectivity index is 2.58. The Hall–Kier alpha value is -3.17. The van der Waals surface area contributed by atoms with Gasteiger partial charge in [0, 0.05) is 25.4 Å². The van der Waals surface area contributed by atoms with Crippen LogP contribution in [-0.2, 0) is 9.57 Å².